The molecule has 0 aliphatic heterocycles. The average Bonchev–Trinajstić information content (AvgIpc) is 2.78. The van der Waals surface area contributed by atoms with Gasteiger partial charge in [0.1, 0.15) is 5.82 Å². The number of nitrogen functional groups attached to an aromatic ring is 1. The quantitative estimate of drug-likeness (QED) is 0.631. The molecule has 90 valence electrons. The first kappa shape index (κ1) is 11.7. The van der Waals surface area contributed by atoms with Crippen LogP contribution in [0.5, 0.6) is 0 Å². The number of nitrogens with zero attached hydrogens (tertiary/aromatic N) is 2. The van der Waals surface area contributed by atoms with E-state index in [4.69, 9.17) is 5.73 Å². The van der Waals surface area contributed by atoms with Crippen molar-refractivity contribution in [3.8, 4) is 11.4 Å². The summed E-state index contributed by atoms with van der Waals surface area (Å²) in [5.41, 5.74) is 7.67. The van der Waals surface area contributed by atoms with Crippen LogP contribution in [-0.2, 0) is 6.54 Å². The molecular weight excluding hydrogens is 210 g/mol. The van der Waals surface area contributed by atoms with Crippen molar-refractivity contribution < 1.29 is 0 Å². The smallest absolute Gasteiger partial charge is 0.139 e. The van der Waals surface area contributed by atoms with Gasteiger partial charge in [-0.05, 0) is 18.6 Å². The zero-order valence-corrected chi connectivity index (χ0v) is 10.3. The first-order valence-corrected chi connectivity index (χ1v) is 6.18. The van der Waals surface area contributed by atoms with E-state index in [1.165, 1.54) is 19.3 Å². The number of aromatic nitrogens is 2. The summed E-state index contributed by atoms with van der Waals surface area (Å²) in [6.07, 6.45) is 7.58. The molecule has 17 heavy (non-hydrogen) atoms. The van der Waals surface area contributed by atoms with Gasteiger partial charge < -0.3 is 10.3 Å². The van der Waals surface area contributed by atoms with E-state index < -0.39 is 0 Å². The van der Waals surface area contributed by atoms with Crippen molar-refractivity contribution in [1.29, 1.82) is 0 Å². The molecule has 0 bridgehead atoms. The van der Waals surface area contributed by atoms with Crippen molar-refractivity contribution in [2.45, 2.75) is 32.7 Å². The lowest BCUT2D eigenvalue weighted by atomic mass is 10.2. The van der Waals surface area contributed by atoms with Crippen LogP contribution in [0.1, 0.15) is 26.2 Å². The van der Waals surface area contributed by atoms with Crippen LogP contribution < -0.4 is 5.73 Å². The molecule has 2 N–H and O–H groups in total. The van der Waals surface area contributed by atoms with Gasteiger partial charge in [0.25, 0.3) is 0 Å². The number of rotatable bonds is 5. The number of imidazole rings is 1. The Balaban J connectivity index is 2.18. The number of unbranched alkanes of at least 4 members (excludes halogenated alkanes) is 2. The van der Waals surface area contributed by atoms with Crippen LogP contribution in [0, 0.1) is 0 Å². The summed E-state index contributed by atoms with van der Waals surface area (Å²) < 4.78 is 2.20. The Morgan fingerprint density at radius 2 is 2.18 bits per heavy atom. The van der Waals surface area contributed by atoms with Gasteiger partial charge in [-0.3, -0.25) is 0 Å². The number of hydrogen-bond donors (Lipinski definition) is 1. The third-order valence-electron chi connectivity index (χ3n) is 2.86. The predicted octanol–water partition coefficient (Wildman–Crippen LogP) is 3.32. The van der Waals surface area contributed by atoms with Gasteiger partial charge in [-0.15, -0.1) is 0 Å². The monoisotopic (exact) mass is 229 g/mol. The topological polar surface area (TPSA) is 43.8 Å². The lowest BCUT2D eigenvalue weighted by molar-refractivity contribution is 0.606. The van der Waals surface area contributed by atoms with E-state index in [9.17, 15) is 0 Å². The third-order valence-corrected chi connectivity index (χ3v) is 2.86. The fourth-order valence-corrected chi connectivity index (χ4v) is 1.96. The van der Waals surface area contributed by atoms with Gasteiger partial charge in [-0.2, -0.15) is 0 Å². The molecule has 0 amide bonds. The van der Waals surface area contributed by atoms with Gasteiger partial charge in [-0.25, -0.2) is 4.98 Å². The number of benzene rings is 1. The number of hydrogen-bond acceptors (Lipinski definition) is 2. The highest BCUT2D eigenvalue weighted by molar-refractivity contribution is 5.61. The number of anilines is 1. The van der Waals surface area contributed by atoms with Crippen LogP contribution in [0.25, 0.3) is 11.4 Å². The second kappa shape index (κ2) is 5.53. The van der Waals surface area contributed by atoms with Crippen LogP contribution >= 0.6 is 0 Å². The van der Waals surface area contributed by atoms with Gasteiger partial charge in [0, 0.05) is 30.2 Å². The van der Waals surface area contributed by atoms with Crippen molar-refractivity contribution in [3.05, 3.63) is 36.7 Å². The van der Waals surface area contributed by atoms with Crippen LogP contribution in [-0.4, -0.2) is 9.55 Å². The summed E-state index contributed by atoms with van der Waals surface area (Å²) in [5, 5.41) is 0. The minimum Gasteiger partial charge on any atom is -0.399 e. The minimum absolute atomic E-state index is 0.783. The molecule has 3 heteroatoms. The molecule has 1 aromatic carbocycles. The zero-order valence-electron chi connectivity index (χ0n) is 10.3. The fourth-order valence-electron chi connectivity index (χ4n) is 1.96. The normalized spacial score (nSPS) is 10.6. The molecule has 0 aliphatic carbocycles. The van der Waals surface area contributed by atoms with Crippen molar-refractivity contribution >= 4 is 5.69 Å². The molecule has 1 aromatic heterocycles. The molecule has 0 saturated heterocycles. The fraction of sp³-hybridized carbons (Fsp3) is 0.357. The molecule has 2 rings (SSSR count). The number of nitrogens with two attached hydrogens (primary N) is 1. The van der Waals surface area contributed by atoms with E-state index >= 15 is 0 Å². The first-order chi connectivity index (χ1) is 8.31. The van der Waals surface area contributed by atoms with Crippen LogP contribution in [0.3, 0.4) is 0 Å². The second-order valence-electron chi connectivity index (χ2n) is 4.28. The summed E-state index contributed by atoms with van der Waals surface area (Å²) >= 11 is 0. The van der Waals surface area contributed by atoms with Crippen molar-refractivity contribution in [1.82, 2.24) is 9.55 Å². The summed E-state index contributed by atoms with van der Waals surface area (Å²) in [6, 6.07) is 7.89. The summed E-state index contributed by atoms with van der Waals surface area (Å²) in [7, 11) is 0. The van der Waals surface area contributed by atoms with Gasteiger partial charge in [0.05, 0.1) is 0 Å². The van der Waals surface area contributed by atoms with Gasteiger partial charge in [0.15, 0.2) is 0 Å². The van der Waals surface area contributed by atoms with Gasteiger partial charge in [0.2, 0.25) is 0 Å². The standard InChI is InChI=1S/C14H19N3/c1-2-3-4-9-17-10-8-16-14(17)12-6-5-7-13(15)11-12/h5-8,10-11H,2-4,9,15H2,1H3. The second-order valence-corrected chi connectivity index (χ2v) is 4.28. The minimum atomic E-state index is 0.783. The number of aryl methyl sites for hydroxylation is 1. The van der Waals surface area contributed by atoms with Gasteiger partial charge >= 0.3 is 0 Å². The molecule has 0 atom stereocenters. The van der Waals surface area contributed by atoms with Crippen molar-refractivity contribution in [3.63, 3.8) is 0 Å². The maximum atomic E-state index is 5.80. The summed E-state index contributed by atoms with van der Waals surface area (Å²) in [5.74, 6) is 1.01. The van der Waals surface area contributed by atoms with Crippen LogP contribution in [0.15, 0.2) is 36.7 Å². The van der Waals surface area contributed by atoms with Crippen LogP contribution in [0.4, 0.5) is 5.69 Å². The Morgan fingerprint density at radius 1 is 1.29 bits per heavy atom. The molecule has 2 aromatic rings. The molecule has 0 unspecified atom stereocenters. The van der Waals surface area contributed by atoms with Crippen LogP contribution in [0.2, 0.25) is 0 Å². The van der Waals surface area contributed by atoms with E-state index in [0.717, 1.165) is 23.6 Å². The maximum Gasteiger partial charge on any atom is 0.139 e. The molecule has 0 radical (unpaired) electrons. The third kappa shape index (κ3) is 2.87. The Morgan fingerprint density at radius 3 is 2.94 bits per heavy atom. The van der Waals surface area contributed by atoms with E-state index in [1.54, 1.807) is 0 Å². The highest BCUT2D eigenvalue weighted by atomic mass is 15.1. The largest absolute Gasteiger partial charge is 0.399 e. The molecule has 0 aliphatic rings. The molecular formula is C14H19N3. The lowest BCUT2D eigenvalue weighted by Gasteiger charge is -2.07. The Labute approximate surface area is 102 Å². The summed E-state index contributed by atoms with van der Waals surface area (Å²) in [4.78, 5) is 4.41. The molecule has 0 saturated carbocycles. The van der Waals surface area contributed by atoms with Gasteiger partial charge in [-0.1, -0.05) is 31.9 Å². The Bertz CT molecular complexity index is 474. The highest BCUT2D eigenvalue weighted by Crippen LogP contribution is 2.20. The first-order valence-electron chi connectivity index (χ1n) is 6.18. The van der Waals surface area contributed by atoms with E-state index in [1.807, 2.05) is 30.6 Å². The maximum absolute atomic E-state index is 5.80. The Kier molecular flexibility index (Phi) is 3.81. The Hall–Kier alpha value is -1.77. The highest BCUT2D eigenvalue weighted by Gasteiger charge is 2.05. The van der Waals surface area contributed by atoms with E-state index in [-0.39, 0.29) is 0 Å². The molecule has 0 fully saturated rings. The predicted molar refractivity (Wildman–Crippen MR) is 71.6 cm³/mol. The van der Waals surface area contributed by atoms with Crippen molar-refractivity contribution in [2.75, 3.05) is 5.73 Å². The van der Waals surface area contributed by atoms with Crippen molar-refractivity contribution in [2.24, 2.45) is 0 Å². The lowest BCUT2D eigenvalue weighted by Crippen LogP contribution is -1.99. The van der Waals surface area contributed by atoms with E-state index in [2.05, 4.69) is 22.5 Å². The summed E-state index contributed by atoms with van der Waals surface area (Å²) in [6.45, 7) is 3.24. The van der Waals surface area contributed by atoms with E-state index in [0.29, 0.717) is 0 Å². The SMILES string of the molecule is CCCCCn1ccnc1-c1cccc(N)c1. The zero-order chi connectivity index (χ0) is 12.1. The molecule has 0 spiro atoms. The molecule has 3 nitrogen and oxygen atoms in total. The average molecular weight is 229 g/mol. The molecule has 1 heterocycles.